The molecule has 0 saturated carbocycles. The maximum absolute atomic E-state index is 16.0. The van der Waals surface area contributed by atoms with E-state index in [1.165, 1.54) is 36.4 Å². The lowest BCUT2D eigenvalue weighted by molar-refractivity contribution is -0.250. The van der Waals surface area contributed by atoms with Crippen LogP contribution in [0.4, 0.5) is 35.5 Å². The molecule has 0 saturated heterocycles. The van der Waals surface area contributed by atoms with Gasteiger partial charge in [-0.15, -0.1) is 0 Å². The van der Waals surface area contributed by atoms with Crippen LogP contribution in [-0.2, 0) is 54.8 Å². The lowest BCUT2D eigenvalue weighted by Crippen LogP contribution is -2.36. The van der Waals surface area contributed by atoms with Crippen molar-refractivity contribution in [2.24, 2.45) is 0 Å². The lowest BCUT2D eigenvalue weighted by Gasteiger charge is -2.33. The number of nitrogens with zero attached hydrogens (tertiary/aromatic N) is 4. The molecule has 0 bridgehead atoms. The first-order chi connectivity index (χ1) is 28.0. The molecule has 0 unspecified atom stereocenters. The normalized spacial score (nSPS) is 14.6. The summed E-state index contributed by atoms with van der Waals surface area (Å²) in [6.45, 7) is 6.94. The van der Waals surface area contributed by atoms with Gasteiger partial charge in [0.15, 0.2) is 0 Å². The van der Waals surface area contributed by atoms with Crippen molar-refractivity contribution in [3.8, 4) is 22.7 Å². The number of hydrogen-bond donors (Lipinski definition) is 2. The van der Waals surface area contributed by atoms with Gasteiger partial charge in [0.05, 0.1) is 39.3 Å². The fourth-order valence-corrected chi connectivity index (χ4v) is 8.45. The van der Waals surface area contributed by atoms with E-state index in [0.717, 1.165) is 23.3 Å². The van der Waals surface area contributed by atoms with E-state index in [1.807, 2.05) is 32.0 Å². The number of para-hydroxylation sites is 1. The number of rotatable bonds is 10. The molecule has 6 aromatic rings. The second-order valence-electron chi connectivity index (χ2n) is 15.0. The summed E-state index contributed by atoms with van der Waals surface area (Å²) < 4.78 is 118. The fourth-order valence-electron chi connectivity index (χ4n) is 8.06. The number of hydrogen-bond acceptors (Lipinski definition) is 6. The van der Waals surface area contributed by atoms with Crippen LogP contribution in [0, 0.1) is 5.82 Å². The van der Waals surface area contributed by atoms with Crippen LogP contribution >= 0.6 is 7.82 Å². The number of halogens is 7. The molecule has 0 fully saturated rings. The van der Waals surface area contributed by atoms with Crippen LogP contribution < -0.4 is 9.63 Å². The number of phosphoric ester groups is 1. The molecular formula is C42H37F7N4O6P-. The third-order valence-electron chi connectivity index (χ3n) is 10.9. The highest BCUT2D eigenvalue weighted by Gasteiger charge is 2.45. The van der Waals surface area contributed by atoms with E-state index in [4.69, 9.17) is 14.9 Å². The molecule has 60 heavy (non-hydrogen) atoms. The van der Waals surface area contributed by atoms with Crippen molar-refractivity contribution in [2.45, 2.75) is 77.9 Å². The summed E-state index contributed by atoms with van der Waals surface area (Å²) in [5.41, 5.74) is 0.0870. The monoisotopic (exact) mass is 857 g/mol. The molecule has 2 aromatic heterocycles. The average molecular weight is 858 g/mol. The van der Waals surface area contributed by atoms with Gasteiger partial charge in [0.2, 0.25) is 0 Å². The maximum Gasteiger partial charge on any atom is 0.524 e. The Hall–Kier alpha value is -5.48. The molecule has 1 aliphatic rings. The highest BCUT2D eigenvalue weighted by molar-refractivity contribution is 7.46. The minimum absolute atomic E-state index is 0.0400. The third-order valence-corrected chi connectivity index (χ3v) is 11.4. The van der Waals surface area contributed by atoms with Gasteiger partial charge >= 0.3 is 20.2 Å². The zero-order valence-corrected chi connectivity index (χ0v) is 33.3. The summed E-state index contributed by atoms with van der Waals surface area (Å²) in [7, 11) is -4.86. The van der Waals surface area contributed by atoms with Crippen molar-refractivity contribution in [1.29, 1.82) is 0 Å². The molecule has 0 radical (unpaired) electrons. The quantitative estimate of drug-likeness (QED) is 0.103. The zero-order valence-electron chi connectivity index (χ0n) is 32.5. The molecule has 7 rings (SSSR count). The van der Waals surface area contributed by atoms with Crippen molar-refractivity contribution >= 4 is 24.8 Å². The first kappa shape index (κ1) is 42.6. The first-order valence-electron chi connectivity index (χ1n) is 18.7. The van der Waals surface area contributed by atoms with Gasteiger partial charge in [-0.25, -0.2) is 13.6 Å². The largest absolute Gasteiger partial charge is 0.529 e. The molecule has 4 aromatic carbocycles. The molecule has 0 spiro atoms. The molecule has 0 amide bonds. The lowest BCUT2D eigenvalue weighted by atomic mass is 9.96. The Morgan fingerprint density at radius 3 is 2.12 bits per heavy atom. The topological polar surface area (TPSA) is 133 Å². The van der Waals surface area contributed by atoms with E-state index in [9.17, 15) is 40.8 Å². The minimum Gasteiger partial charge on any atom is -0.529 e. The van der Waals surface area contributed by atoms with Crippen LogP contribution in [0.5, 0.6) is 5.75 Å². The second kappa shape index (κ2) is 15.2. The number of alkyl halides is 6. The number of carbonyl (C=O) groups excluding carboxylic acids is 1. The van der Waals surface area contributed by atoms with Crippen LogP contribution in [-0.4, -0.2) is 35.1 Å². The highest BCUT2D eigenvalue weighted by Crippen LogP contribution is 2.48. The summed E-state index contributed by atoms with van der Waals surface area (Å²) in [4.78, 5) is 32.8. The molecule has 3 heterocycles. The minimum atomic E-state index is -5.10. The maximum atomic E-state index is 16.0. The Bertz CT molecular complexity index is 2680. The van der Waals surface area contributed by atoms with Crippen LogP contribution in [0.2, 0.25) is 0 Å². The second-order valence-corrected chi connectivity index (χ2v) is 16.2. The van der Waals surface area contributed by atoms with E-state index < -0.39 is 55.3 Å². The van der Waals surface area contributed by atoms with Crippen molar-refractivity contribution in [1.82, 2.24) is 19.2 Å². The van der Waals surface area contributed by atoms with Crippen LogP contribution in [0.15, 0.2) is 78.9 Å². The predicted octanol–water partition coefficient (Wildman–Crippen LogP) is 9.30. The molecule has 10 nitrogen and oxygen atoms in total. The van der Waals surface area contributed by atoms with E-state index in [-0.39, 0.29) is 46.9 Å². The number of aromatic nitrogens is 3. The summed E-state index contributed by atoms with van der Waals surface area (Å²) in [5, 5.41) is 18.0. The Kier molecular flexibility index (Phi) is 10.8. The van der Waals surface area contributed by atoms with Crippen molar-refractivity contribution in [2.75, 3.05) is 0 Å². The highest BCUT2D eigenvalue weighted by atomic mass is 31.2. The van der Waals surface area contributed by atoms with E-state index >= 15 is 4.39 Å². The molecule has 1 aliphatic heterocycles. The summed E-state index contributed by atoms with van der Waals surface area (Å²) in [5.74, 6) is -1.05. The fraction of sp³-hybridized carbons (Fsp3) is 0.286. The van der Waals surface area contributed by atoms with Gasteiger partial charge in [-0.2, -0.15) is 31.4 Å². The van der Waals surface area contributed by atoms with E-state index in [1.54, 1.807) is 23.4 Å². The number of fused-ring (bicyclic) bond motifs is 2. The molecule has 0 aliphatic carbocycles. The van der Waals surface area contributed by atoms with E-state index in [0.29, 0.717) is 57.2 Å². The van der Waals surface area contributed by atoms with Gasteiger partial charge in [0, 0.05) is 41.7 Å². The summed E-state index contributed by atoms with van der Waals surface area (Å²) in [6, 6.07) is 16.8. The molecule has 0 atom stereocenters. The summed E-state index contributed by atoms with van der Waals surface area (Å²) in [6.07, 6.45) is -10.8. The Labute approximate surface area is 338 Å². The number of carbonyl (C=O) groups is 1. The SMILES string of the molecule is CCc1cccc(CC)c1-n1nc2c(c1-c1ccc(F)c3c1cc(Cc1ccc(OP(=O)(O)O)cc1)n3C(=O)[O-])CN(Cc1ccc(C(F)(F)F)cc1C(F)(F)F)C2(C)C. The number of carboxylic acid groups (broad SMARTS) is 1. The zero-order chi connectivity index (χ0) is 43.7. The Morgan fingerprint density at radius 1 is 0.900 bits per heavy atom. The third kappa shape index (κ3) is 7.82. The molecule has 316 valence electrons. The summed E-state index contributed by atoms with van der Waals surface area (Å²) >= 11 is 0. The van der Waals surface area contributed by atoms with Gasteiger partial charge in [-0.3, -0.25) is 19.3 Å². The predicted molar refractivity (Wildman–Crippen MR) is 205 cm³/mol. The van der Waals surface area contributed by atoms with Crippen LogP contribution in [0.25, 0.3) is 27.8 Å². The van der Waals surface area contributed by atoms with Gasteiger partial charge < -0.3 is 14.4 Å². The van der Waals surface area contributed by atoms with Gasteiger partial charge in [-0.05, 0) is 91.4 Å². The molecule has 2 N–H and O–H groups in total. The van der Waals surface area contributed by atoms with E-state index in [2.05, 4.69) is 4.52 Å². The van der Waals surface area contributed by atoms with Crippen molar-refractivity contribution < 1.29 is 59.5 Å². The Morgan fingerprint density at radius 2 is 1.55 bits per heavy atom. The number of phosphoric acid groups is 1. The van der Waals surface area contributed by atoms with Crippen molar-refractivity contribution in [3.63, 3.8) is 0 Å². The first-order valence-corrected chi connectivity index (χ1v) is 20.2. The average Bonchev–Trinajstić information content (AvgIpc) is 3.80. The number of aryl methyl sites for hydroxylation is 2. The Balaban J connectivity index is 1.43. The molecule has 18 heteroatoms. The van der Waals surface area contributed by atoms with Gasteiger partial charge in [0.25, 0.3) is 0 Å². The van der Waals surface area contributed by atoms with Crippen LogP contribution in [0.3, 0.4) is 0 Å². The number of benzene rings is 4. The van der Waals surface area contributed by atoms with Crippen LogP contribution in [0.1, 0.15) is 78.0 Å². The molecular weight excluding hydrogens is 820 g/mol. The standard InChI is InChI=1S/C42H38F7N4O6P/c1-5-24-8-7-9-25(6-2)35(24)53-36(32-22-51(40(3,4)38(32)50-53)21-26-12-13-27(41(44,45)46)19-33(26)42(47,48)49)30-16-17-34(43)37-31(30)20-28(52(37)39(54)55)18-23-10-14-29(15-11-23)59-60(56,57)58/h7-17,19-20H,5-6,18,21-22H2,1-4H3,(H,54,55)(H2,56,57,58)/p-1. The van der Waals surface area contributed by atoms with Crippen molar-refractivity contribution in [3.05, 3.63) is 135 Å². The van der Waals surface area contributed by atoms with Gasteiger partial charge in [-0.1, -0.05) is 50.2 Å². The van der Waals surface area contributed by atoms with Gasteiger partial charge in [0.1, 0.15) is 17.7 Å². The smallest absolute Gasteiger partial charge is 0.524 e.